The van der Waals surface area contributed by atoms with Gasteiger partial charge in [-0.3, -0.25) is 0 Å². The van der Waals surface area contributed by atoms with Crippen LogP contribution in [0.3, 0.4) is 0 Å². The van der Waals surface area contributed by atoms with Gasteiger partial charge in [-0.15, -0.1) is 0 Å². The lowest BCUT2D eigenvalue weighted by atomic mass is 9.64. The minimum atomic E-state index is -0.0780. The van der Waals surface area contributed by atoms with Crippen LogP contribution in [0, 0.1) is 11.8 Å². The highest BCUT2D eigenvalue weighted by Crippen LogP contribution is 2.61. The summed E-state index contributed by atoms with van der Waals surface area (Å²) in [6.07, 6.45) is 6.24. The summed E-state index contributed by atoms with van der Waals surface area (Å²) in [4.78, 5) is 4.87. The zero-order chi connectivity index (χ0) is 37.0. The maximum absolute atomic E-state index is 2.51. The Morgan fingerprint density at radius 2 is 0.982 bits per heavy atom. The predicted octanol–water partition coefficient (Wildman–Crippen LogP) is 14.4. The van der Waals surface area contributed by atoms with Crippen LogP contribution in [0.4, 0.5) is 34.1 Å². The zero-order valence-electron chi connectivity index (χ0n) is 31.9. The Kier molecular flexibility index (Phi) is 8.25. The topological polar surface area (TPSA) is 6.48 Å². The molecule has 2 nitrogen and oxygen atoms in total. The van der Waals surface area contributed by atoms with Crippen LogP contribution in [0.5, 0.6) is 0 Å². The number of para-hydroxylation sites is 3. The van der Waals surface area contributed by atoms with Gasteiger partial charge in [-0.25, -0.2) is 0 Å². The second-order valence-electron chi connectivity index (χ2n) is 16.3. The second-order valence-corrected chi connectivity index (χ2v) is 16.3. The SMILES string of the molecule is CCC1(C)c2ccccc2-c2cccc(N(c3ccccc3)c3ccc(C4(c5ccc(N(c6ccccc6)c6ccccc6)cc5)CC5CCC4C5)cc3)c21. The normalized spacial score (nSPS) is 21.9. The van der Waals surface area contributed by atoms with Crippen molar-refractivity contribution in [2.45, 2.75) is 56.8 Å². The maximum Gasteiger partial charge on any atom is 0.0508 e. The fourth-order valence-electron chi connectivity index (χ4n) is 10.9. The molecular formula is C53H48N2. The number of fused-ring (bicyclic) bond motifs is 5. The Morgan fingerprint density at radius 3 is 1.51 bits per heavy atom. The first-order valence-corrected chi connectivity index (χ1v) is 20.3. The highest BCUT2D eigenvalue weighted by Gasteiger charge is 2.52. The van der Waals surface area contributed by atoms with Crippen molar-refractivity contribution in [1.82, 2.24) is 0 Å². The van der Waals surface area contributed by atoms with Crippen molar-refractivity contribution < 1.29 is 0 Å². The summed E-state index contributed by atoms with van der Waals surface area (Å²) in [6.45, 7) is 4.78. The van der Waals surface area contributed by atoms with Crippen molar-refractivity contribution in [2.75, 3.05) is 9.80 Å². The van der Waals surface area contributed by atoms with E-state index in [0.29, 0.717) is 5.92 Å². The number of nitrogens with zero attached hydrogens (tertiary/aromatic N) is 2. The molecule has 0 N–H and O–H groups in total. The summed E-state index contributed by atoms with van der Waals surface area (Å²) in [5.41, 5.74) is 15.6. The van der Waals surface area contributed by atoms with E-state index in [0.717, 1.165) is 12.3 Å². The van der Waals surface area contributed by atoms with Crippen molar-refractivity contribution in [1.29, 1.82) is 0 Å². The maximum atomic E-state index is 2.51. The van der Waals surface area contributed by atoms with Gasteiger partial charge in [0.15, 0.2) is 0 Å². The van der Waals surface area contributed by atoms with Gasteiger partial charge >= 0.3 is 0 Å². The Bertz CT molecular complexity index is 2400. The molecule has 0 radical (unpaired) electrons. The molecule has 7 aromatic carbocycles. The number of anilines is 6. The summed E-state index contributed by atoms with van der Waals surface area (Å²) in [5.74, 6) is 1.44. The van der Waals surface area contributed by atoms with Crippen LogP contribution in [0.15, 0.2) is 182 Å². The third-order valence-electron chi connectivity index (χ3n) is 13.5. The summed E-state index contributed by atoms with van der Waals surface area (Å²) < 4.78 is 0. The predicted molar refractivity (Wildman–Crippen MR) is 231 cm³/mol. The van der Waals surface area contributed by atoms with Gasteiger partial charge in [0.25, 0.3) is 0 Å². The Hall–Kier alpha value is -5.86. The van der Waals surface area contributed by atoms with Crippen molar-refractivity contribution in [3.63, 3.8) is 0 Å². The van der Waals surface area contributed by atoms with E-state index in [1.807, 2.05) is 0 Å². The molecule has 0 heterocycles. The molecule has 2 saturated carbocycles. The Morgan fingerprint density at radius 1 is 0.491 bits per heavy atom. The molecule has 10 rings (SSSR count). The Labute approximate surface area is 326 Å². The van der Waals surface area contributed by atoms with Crippen LogP contribution < -0.4 is 9.80 Å². The molecule has 2 heteroatoms. The van der Waals surface area contributed by atoms with E-state index in [1.165, 1.54) is 93.2 Å². The molecular weight excluding hydrogens is 665 g/mol. The summed E-state index contributed by atoms with van der Waals surface area (Å²) in [7, 11) is 0. The lowest BCUT2D eigenvalue weighted by molar-refractivity contribution is 0.320. The van der Waals surface area contributed by atoms with Crippen molar-refractivity contribution in [2.24, 2.45) is 11.8 Å². The first-order chi connectivity index (χ1) is 27.1. The van der Waals surface area contributed by atoms with Crippen LogP contribution in [-0.4, -0.2) is 0 Å². The van der Waals surface area contributed by atoms with Gasteiger partial charge in [0.1, 0.15) is 0 Å². The van der Waals surface area contributed by atoms with Crippen molar-refractivity contribution >= 4 is 34.1 Å². The molecule has 4 atom stereocenters. The van der Waals surface area contributed by atoms with Crippen molar-refractivity contribution in [3.05, 3.63) is 204 Å². The molecule has 0 spiro atoms. The first kappa shape index (κ1) is 33.7. The van der Waals surface area contributed by atoms with Gasteiger partial charge < -0.3 is 9.80 Å². The zero-order valence-corrected chi connectivity index (χ0v) is 31.9. The van der Waals surface area contributed by atoms with Crippen LogP contribution >= 0.6 is 0 Å². The van der Waals surface area contributed by atoms with E-state index >= 15 is 0 Å². The summed E-state index contributed by atoms with van der Waals surface area (Å²) >= 11 is 0. The summed E-state index contributed by atoms with van der Waals surface area (Å²) in [5, 5.41) is 0. The third kappa shape index (κ3) is 5.37. The van der Waals surface area contributed by atoms with Gasteiger partial charge in [-0.1, -0.05) is 136 Å². The average Bonchev–Trinajstić information content (AvgIpc) is 3.95. The molecule has 0 aromatic heterocycles. The van der Waals surface area contributed by atoms with Crippen LogP contribution in [0.1, 0.15) is 68.2 Å². The molecule has 7 aromatic rings. The Balaban J connectivity index is 1.06. The smallest absolute Gasteiger partial charge is 0.0508 e. The highest BCUT2D eigenvalue weighted by atomic mass is 15.1. The first-order valence-electron chi connectivity index (χ1n) is 20.3. The van der Waals surface area contributed by atoms with Gasteiger partial charge in [-0.2, -0.15) is 0 Å². The molecule has 0 saturated heterocycles. The fourth-order valence-corrected chi connectivity index (χ4v) is 10.9. The molecule has 0 amide bonds. The van der Waals surface area contributed by atoms with Crippen LogP contribution in [0.25, 0.3) is 11.1 Å². The van der Waals surface area contributed by atoms with E-state index < -0.39 is 0 Å². The molecule has 55 heavy (non-hydrogen) atoms. The van der Waals surface area contributed by atoms with Gasteiger partial charge in [0.05, 0.1) is 5.69 Å². The monoisotopic (exact) mass is 712 g/mol. The van der Waals surface area contributed by atoms with Crippen molar-refractivity contribution in [3.8, 4) is 11.1 Å². The minimum Gasteiger partial charge on any atom is -0.311 e. The fraction of sp³-hybridized carbons (Fsp3) is 0.208. The molecule has 270 valence electrons. The van der Waals surface area contributed by atoms with E-state index in [9.17, 15) is 0 Å². The largest absolute Gasteiger partial charge is 0.311 e. The van der Waals surface area contributed by atoms with Crippen LogP contribution in [0.2, 0.25) is 0 Å². The number of benzene rings is 7. The van der Waals surface area contributed by atoms with Gasteiger partial charge in [-0.05, 0) is 138 Å². The lowest BCUT2D eigenvalue weighted by Gasteiger charge is -2.40. The lowest BCUT2D eigenvalue weighted by Crippen LogP contribution is -2.34. The molecule has 3 aliphatic carbocycles. The van der Waals surface area contributed by atoms with E-state index in [1.54, 1.807) is 0 Å². The number of hydrogen-bond acceptors (Lipinski definition) is 2. The molecule has 2 fully saturated rings. The summed E-state index contributed by atoms with van der Waals surface area (Å²) in [6, 6.07) is 67.7. The van der Waals surface area contributed by atoms with Crippen LogP contribution in [-0.2, 0) is 10.8 Å². The van der Waals surface area contributed by atoms with Gasteiger partial charge in [0, 0.05) is 39.3 Å². The van der Waals surface area contributed by atoms with Gasteiger partial charge in [0.2, 0.25) is 0 Å². The second kappa shape index (κ2) is 13.5. The average molecular weight is 713 g/mol. The number of rotatable bonds is 9. The number of hydrogen-bond donors (Lipinski definition) is 0. The molecule has 0 aliphatic heterocycles. The quantitative estimate of drug-likeness (QED) is 0.147. The third-order valence-corrected chi connectivity index (χ3v) is 13.5. The minimum absolute atomic E-state index is 0.0122. The highest BCUT2D eigenvalue weighted by molar-refractivity contribution is 5.90. The van der Waals surface area contributed by atoms with E-state index in [2.05, 4.69) is 206 Å². The standard InChI is InChI=1S/C53H48N2/c1-3-52(2)49-24-14-13-22-47(49)48-23-15-25-50(51(48)52)55(44-20-11-6-12-21-44)46-34-30-40(31-35-46)53(37-38-26-27-41(53)36-38)39-28-32-45(33-29-39)54(42-16-7-4-8-17-42)43-18-9-5-10-19-43/h4-25,28-35,38,41H,3,26-27,36-37H2,1-2H3. The van der Waals surface area contributed by atoms with E-state index in [4.69, 9.17) is 0 Å². The van der Waals surface area contributed by atoms with E-state index in [-0.39, 0.29) is 10.8 Å². The molecule has 3 aliphatic rings. The molecule has 4 unspecified atom stereocenters. The molecule has 2 bridgehead atoms.